The molecule has 0 saturated heterocycles. The summed E-state index contributed by atoms with van der Waals surface area (Å²) >= 11 is 1.45. The van der Waals surface area contributed by atoms with Gasteiger partial charge in [0.25, 0.3) is 5.91 Å². The highest BCUT2D eigenvalue weighted by Gasteiger charge is 2.15. The van der Waals surface area contributed by atoms with Crippen LogP contribution in [0.4, 0.5) is 16.5 Å². The minimum absolute atomic E-state index is 0.186. The Hall–Kier alpha value is -3.45. The molecular formula is C22H20N4O2S. The second-order valence-electron chi connectivity index (χ2n) is 6.80. The zero-order valence-corrected chi connectivity index (χ0v) is 17.1. The van der Waals surface area contributed by atoms with E-state index in [2.05, 4.69) is 20.6 Å². The number of benzene rings is 2. The van der Waals surface area contributed by atoms with Crippen molar-refractivity contribution in [2.45, 2.75) is 20.8 Å². The molecule has 6 nitrogen and oxygen atoms in total. The van der Waals surface area contributed by atoms with Gasteiger partial charge in [0.15, 0.2) is 5.13 Å². The van der Waals surface area contributed by atoms with Gasteiger partial charge >= 0.3 is 0 Å². The van der Waals surface area contributed by atoms with Crippen LogP contribution in [-0.2, 0) is 0 Å². The van der Waals surface area contributed by atoms with E-state index < -0.39 is 0 Å². The lowest BCUT2D eigenvalue weighted by atomic mass is 10.1. The van der Waals surface area contributed by atoms with Crippen molar-refractivity contribution < 1.29 is 9.90 Å². The smallest absolute Gasteiger partial charge is 0.259 e. The maximum absolute atomic E-state index is 12.9. The maximum Gasteiger partial charge on any atom is 0.259 e. The zero-order chi connectivity index (χ0) is 20.5. The molecule has 4 aromatic rings. The summed E-state index contributed by atoms with van der Waals surface area (Å²) in [6.45, 7) is 5.85. The van der Waals surface area contributed by atoms with Crippen LogP contribution in [-0.4, -0.2) is 21.0 Å². The second kappa shape index (κ2) is 7.52. The van der Waals surface area contributed by atoms with E-state index in [1.54, 1.807) is 24.4 Å². The van der Waals surface area contributed by atoms with Gasteiger partial charge in [-0.3, -0.25) is 15.1 Å². The first-order valence-corrected chi connectivity index (χ1v) is 9.94. The molecule has 2 aromatic heterocycles. The third-order valence-corrected chi connectivity index (χ3v) is 5.74. The molecule has 3 N–H and O–H groups in total. The summed E-state index contributed by atoms with van der Waals surface area (Å²) in [5, 5.41) is 17.4. The maximum atomic E-state index is 12.9. The van der Waals surface area contributed by atoms with Crippen LogP contribution in [0.2, 0.25) is 0 Å². The highest BCUT2D eigenvalue weighted by molar-refractivity contribution is 7.15. The average molecular weight is 404 g/mol. The topological polar surface area (TPSA) is 87.1 Å². The fourth-order valence-corrected chi connectivity index (χ4v) is 3.86. The predicted molar refractivity (Wildman–Crippen MR) is 117 cm³/mol. The van der Waals surface area contributed by atoms with Crippen molar-refractivity contribution in [1.29, 1.82) is 0 Å². The minimum Gasteiger partial charge on any atom is -0.508 e. The molecule has 0 bridgehead atoms. The lowest BCUT2D eigenvalue weighted by Gasteiger charge is -2.13. The Kier molecular flexibility index (Phi) is 4.90. The zero-order valence-electron chi connectivity index (χ0n) is 16.3. The number of hydrogen-bond acceptors (Lipinski definition) is 6. The summed E-state index contributed by atoms with van der Waals surface area (Å²) in [5.41, 5.74) is 4.58. The van der Waals surface area contributed by atoms with Crippen LogP contribution in [0.1, 0.15) is 26.5 Å². The molecule has 29 heavy (non-hydrogen) atoms. The van der Waals surface area contributed by atoms with Gasteiger partial charge in [-0.05, 0) is 44.5 Å². The number of anilines is 3. The fourth-order valence-electron chi connectivity index (χ4n) is 3.05. The predicted octanol–water partition coefficient (Wildman–Crippen LogP) is 5.32. The Balaban J connectivity index is 1.71. The number of hydrogen-bond donors (Lipinski definition) is 3. The van der Waals surface area contributed by atoms with Gasteiger partial charge in [0.05, 0.1) is 16.8 Å². The molecule has 0 spiro atoms. The Morgan fingerprint density at radius 3 is 2.66 bits per heavy atom. The summed E-state index contributed by atoms with van der Waals surface area (Å²) in [4.78, 5) is 22.8. The number of carbonyl (C=O) groups is 1. The first-order valence-electron chi connectivity index (χ1n) is 9.12. The Morgan fingerprint density at radius 1 is 1.07 bits per heavy atom. The number of phenols is 1. The summed E-state index contributed by atoms with van der Waals surface area (Å²) < 4.78 is 0. The largest absolute Gasteiger partial charge is 0.508 e. The van der Waals surface area contributed by atoms with E-state index in [1.807, 2.05) is 45.0 Å². The van der Waals surface area contributed by atoms with Crippen molar-refractivity contribution in [3.05, 3.63) is 70.4 Å². The number of thiazole rings is 1. The Labute approximate surface area is 172 Å². The number of para-hydroxylation sites is 1. The summed E-state index contributed by atoms with van der Waals surface area (Å²) in [6, 6.07) is 12.5. The molecule has 0 radical (unpaired) electrons. The van der Waals surface area contributed by atoms with Crippen molar-refractivity contribution in [1.82, 2.24) is 9.97 Å². The second-order valence-corrected chi connectivity index (χ2v) is 8.00. The normalized spacial score (nSPS) is 10.9. The van der Waals surface area contributed by atoms with Crippen LogP contribution in [0, 0.1) is 20.8 Å². The number of carbonyl (C=O) groups excluding carboxylic acids is 1. The first kappa shape index (κ1) is 18.9. The number of aromatic nitrogens is 2. The van der Waals surface area contributed by atoms with Gasteiger partial charge in [-0.15, -0.1) is 11.3 Å². The summed E-state index contributed by atoms with van der Waals surface area (Å²) in [5.74, 6) is -0.0619. The lowest BCUT2D eigenvalue weighted by molar-refractivity contribution is 0.102. The number of fused-ring (bicyclic) bond motifs is 1. The van der Waals surface area contributed by atoms with E-state index >= 15 is 0 Å². The molecule has 0 aliphatic heterocycles. The molecule has 0 aliphatic rings. The average Bonchev–Trinajstić information content (AvgIpc) is 3.01. The van der Waals surface area contributed by atoms with Crippen LogP contribution in [0.5, 0.6) is 5.75 Å². The van der Waals surface area contributed by atoms with Crippen molar-refractivity contribution in [3.8, 4) is 5.75 Å². The fraction of sp³-hybridized carbons (Fsp3) is 0.136. The number of nitrogens with zero attached hydrogens (tertiary/aromatic N) is 2. The third-order valence-electron chi connectivity index (χ3n) is 4.76. The quantitative estimate of drug-likeness (QED) is 0.429. The number of amides is 1. The van der Waals surface area contributed by atoms with Crippen molar-refractivity contribution >= 4 is 44.7 Å². The van der Waals surface area contributed by atoms with Gasteiger partial charge in [0.1, 0.15) is 5.75 Å². The van der Waals surface area contributed by atoms with Gasteiger partial charge in [0, 0.05) is 33.9 Å². The van der Waals surface area contributed by atoms with E-state index in [0.717, 1.165) is 32.9 Å². The standard InChI is InChI=1S/C22H20N4O2S/c1-12-7-8-15(27)11-19(12)25-18-9-10-23-20-16(18)5-4-6-17(20)21(28)26-22-24-13(2)14(3)29-22/h4-11,27H,1-3H3,(H,23,25)(H,24,26,28). The SMILES string of the molecule is Cc1ccc(O)cc1Nc1ccnc2c(C(=O)Nc3nc(C)c(C)s3)cccc12. The first-order chi connectivity index (χ1) is 13.9. The van der Waals surface area contributed by atoms with Crippen molar-refractivity contribution in [2.24, 2.45) is 0 Å². The van der Waals surface area contributed by atoms with Crippen LogP contribution >= 0.6 is 11.3 Å². The van der Waals surface area contributed by atoms with E-state index in [-0.39, 0.29) is 11.7 Å². The summed E-state index contributed by atoms with van der Waals surface area (Å²) in [7, 11) is 0. The van der Waals surface area contributed by atoms with E-state index in [1.165, 1.54) is 11.3 Å². The van der Waals surface area contributed by atoms with Crippen LogP contribution in [0.25, 0.3) is 10.9 Å². The molecule has 1 amide bonds. The van der Waals surface area contributed by atoms with Gasteiger partial charge in [-0.2, -0.15) is 0 Å². The number of phenolic OH excluding ortho intramolecular Hbond substituents is 1. The highest BCUT2D eigenvalue weighted by atomic mass is 32.1. The van der Waals surface area contributed by atoms with Gasteiger partial charge in [-0.25, -0.2) is 4.98 Å². The number of nitrogens with one attached hydrogen (secondary N) is 2. The van der Waals surface area contributed by atoms with Gasteiger partial charge in [0.2, 0.25) is 0 Å². The molecule has 146 valence electrons. The van der Waals surface area contributed by atoms with Crippen molar-refractivity contribution in [3.63, 3.8) is 0 Å². The van der Waals surface area contributed by atoms with Crippen LogP contribution in [0.15, 0.2) is 48.7 Å². The third kappa shape index (κ3) is 3.77. The summed E-state index contributed by atoms with van der Waals surface area (Å²) in [6.07, 6.45) is 1.66. The number of pyridine rings is 1. The Bertz CT molecular complexity index is 1210. The molecule has 0 unspecified atom stereocenters. The number of aryl methyl sites for hydroxylation is 3. The van der Waals surface area contributed by atoms with Crippen LogP contribution in [0.3, 0.4) is 0 Å². The van der Waals surface area contributed by atoms with Gasteiger partial charge < -0.3 is 10.4 Å². The highest BCUT2D eigenvalue weighted by Crippen LogP contribution is 2.30. The molecule has 4 rings (SSSR count). The molecular weight excluding hydrogens is 384 g/mol. The molecule has 7 heteroatoms. The van der Waals surface area contributed by atoms with E-state index in [0.29, 0.717) is 16.2 Å². The van der Waals surface area contributed by atoms with Crippen molar-refractivity contribution in [2.75, 3.05) is 10.6 Å². The Morgan fingerprint density at radius 2 is 1.90 bits per heavy atom. The monoisotopic (exact) mass is 404 g/mol. The van der Waals surface area contributed by atoms with E-state index in [9.17, 15) is 9.90 Å². The number of aromatic hydroxyl groups is 1. The molecule has 2 heterocycles. The lowest BCUT2D eigenvalue weighted by Crippen LogP contribution is -2.12. The molecule has 0 atom stereocenters. The molecule has 0 fully saturated rings. The van der Waals surface area contributed by atoms with Gasteiger partial charge in [-0.1, -0.05) is 18.2 Å². The molecule has 2 aromatic carbocycles. The molecule has 0 saturated carbocycles. The number of rotatable bonds is 4. The van der Waals surface area contributed by atoms with E-state index in [4.69, 9.17) is 0 Å². The molecule has 0 aliphatic carbocycles. The van der Waals surface area contributed by atoms with Crippen LogP contribution < -0.4 is 10.6 Å². The minimum atomic E-state index is -0.248.